The van der Waals surface area contributed by atoms with Gasteiger partial charge in [0, 0.05) is 11.1 Å². The Morgan fingerprint density at radius 2 is 2.16 bits per heavy atom. The van der Waals surface area contributed by atoms with Crippen molar-refractivity contribution < 1.29 is 14.3 Å². The molecule has 0 unspecified atom stereocenters. The van der Waals surface area contributed by atoms with Crippen molar-refractivity contribution in [2.75, 3.05) is 25.5 Å². The van der Waals surface area contributed by atoms with Gasteiger partial charge in [0.05, 0.1) is 19.1 Å². The van der Waals surface area contributed by atoms with Crippen molar-refractivity contribution in [3.63, 3.8) is 0 Å². The van der Waals surface area contributed by atoms with Crippen molar-refractivity contribution in [3.8, 4) is 0 Å². The molecule has 1 amide bonds. The number of thiazole rings is 1. The van der Waals surface area contributed by atoms with Gasteiger partial charge < -0.3 is 15.4 Å². The van der Waals surface area contributed by atoms with Crippen LogP contribution in [0.2, 0.25) is 0 Å². The molecule has 1 aromatic heterocycles. The van der Waals surface area contributed by atoms with Crippen LogP contribution in [0.1, 0.15) is 39.6 Å². The van der Waals surface area contributed by atoms with E-state index in [0.717, 1.165) is 31.5 Å². The van der Waals surface area contributed by atoms with Gasteiger partial charge in [-0.15, -0.1) is 11.3 Å². The highest BCUT2D eigenvalue weighted by molar-refractivity contribution is 7.15. The summed E-state index contributed by atoms with van der Waals surface area (Å²) in [6.07, 6.45) is 4.27. The minimum absolute atomic E-state index is 0.145. The number of rotatable bonds is 5. The summed E-state index contributed by atoms with van der Waals surface area (Å²) >= 11 is 1.55. The van der Waals surface area contributed by atoms with E-state index in [1.165, 1.54) is 12.0 Å². The number of aromatic nitrogens is 1. The molecule has 1 aliphatic heterocycles. The van der Waals surface area contributed by atoms with Crippen LogP contribution in [0.25, 0.3) is 0 Å². The minimum Gasteiger partial charge on any atom is -0.465 e. The number of hydrogen-bond donors (Lipinski definition) is 2. The highest BCUT2D eigenvalue weighted by Crippen LogP contribution is 2.31. The first-order chi connectivity index (χ1) is 12.2. The third kappa shape index (κ3) is 4.64. The van der Waals surface area contributed by atoms with Crippen LogP contribution in [0.5, 0.6) is 0 Å². The monoisotopic (exact) mass is 359 g/mol. The van der Waals surface area contributed by atoms with Crippen LogP contribution in [-0.4, -0.2) is 37.1 Å². The van der Waals surface area contributed by atoms with Crippen LogP contribution in [0.3, 0.4) is 0 Å². The number of carbonyl (C=O) groups is 2. The van der Waals surface area contributed by atoms with Gasteiger partial charge in [-0.2, -0.15) is 0 Å². The number of amides is 1. The summed E-state index contributed by atoms with van der Waals surface area (Å²) in [5.74, 6) is -0.0249. The highest BCUT2D eigenvalue weighted by Gasteiger charge is 2.18. The second-order valence-corrected chi connectivity index (χ2v) is 7.07. The van der Waals surface area contributed by atoms with Crippen molar-refractivity contribution in [1.29, 1.82) is 0 Å². The van der Waals surface area contributed by atoms with Crippen molar-refractivity contribution in [2.45, 2.75) is 25.2 Å². The Morgan fingerprint density at radius 3 is 2.92 bits per heavy atom. The van der Waals surface area contributed by atoms with Crippen LogP contribution in [0.15, 0.2) is 30.5 Å². The summed E-state index contributed by atoms with van der Waals surface area (Å²) in [7, 11) is 1.34. The van der Waals surface area contributed by atoms with E-state index in [0.29, 0.717) is 16.6 Å². The fraction of sp³-hybridized carbons (Fsp3) is 0.389. The molecule has 1 saturated heterocycles. The molecule has 0 aliphatic carbocycles. The molecule has 7 heteroatoms. The molecule has 0 radical (unpaired) electrons. The van der Waals surface area contributed by atoms with Crippen LogP contribution >= 0.6 is 11.3 Å². The summed E-state index contributed by atoms with van der Waals surface area (Å²) in [5.41, 5.74) is 1.20. The number of esters is 1. The number of piperidine rings is 1. The Bertz CT molecular complexity index is 754. The van der Waals surface area contributed by atoms with Crippen molar-refractivity contribution in [2.24, 2.45) is 0 Å². The summed E-state index contributed by atoms with van der Waals surface area (Å²) in [6, 6.07) is 6.90. The summed E-state index contributed by atoms with van der Waals surface area (Å²) in [4.78, 5) is 29.4. The third-order valence-electron chi connectivity index (χ3n) is 4.22. The molecule has 2 heterocycles. The molecular formula is C18H21N3O3S. The fourth-order valence-electron chi connectivity index (χ4n) is 2.91. The second-order valence-electron chi connectivity index (χ2n) is 6.01. The van der Waals surface area contributed by atoms with Crippen LogP contribution in [-0.2, 0) is 16.0 Å². The van der Waals surface area contributed by atoms with Gasteiger partial charge in [0.1, 0.15) is 0 Å². The first-order valence-electron chi connectivity index (χ1n) is 8.29. The number of carbonyl (C=O) groups excluding carboxylic acids is 2. The zero-order valence-electron chi connectivity index (χ0n) is 14.1. The fourth-order valence-corrected chi connectivity index (χ4v) is 3.92. The highest BCUT2D eigenvalue weighted by atomic mass is 32.1. The lowest BCUT2D eigenvalue weighted by Crippen LogP contribution is -2.26. The van der Waals surface area contributed by atoms with Gasteiger partial charge in [0.2, 0.25) is 5.91 Å². The minimum atomic E-state index is -0.409. The number of ether oxygens (including phenoxy) is 1. The van der Waals surface area contributed by atoms with E-state index in [-0.39, 0.29) is 12.3 Å². The van der Waals surface area contributed by atoms with Crippen molar-refractivity contribution in [1.82, 2.24) is 10.3 Å². The average Bonchev–Trinajstić information content (AvgIpc) is 3.10. The Morgan fingerprint density at radius 1 is 1.36 bits per heavy atom. The number of benzene rings is 1. The maximum absolute atomic E-state index is 12.2. The van der Waals surface area contributed by atoms with E-state index in [1.807, 2.05) is 12.3 Å². The number of hydrogen-bond acceptors (Lipinski definition) is 6. The Kier molecular flexibility index (Phi) is 5.78. The van der Waals surface area contributed by atoms with E-state index in [4.69, 9.17) is 4.74 Å². The Labute approximate surface area is 150 Å². The lowest BCUT2D eigenvalue weighted by atomic mass is 9.97. The topological polar surface area (TPSA) is 80.3 Å². The van der Waals surface area contributed by atoms with Gasteiger partial charge >= 0.3 is 5.97 Å². The van der Waals surface area contributed by atoms with Crippen LogP contribution < -0.4 is 10.6 Å². The Hall–Kier alpha value is -2.25. The SMILES string of the molecule is COC(=O)c1cccc(CC(=O)Nc2ncc(C3CCNCC3)s2)c1. The molecule has 0 atom stereocenters. The summed E-state index contributed by atoms with van der Waals surface area (Å²) < 4.78 is 4.70. The largest absolute Gasteiger partial charge is 0.465 e. The molecule has 6 nitrogen and oxygen atoms in total. The van der Waals surface area contributed by atoms with E-state index in [2.05, 4.69) is 15.6 Å². The lowest BCUT2D eigenvalue weighted by Gasteiger charge is -2.20. The molecule has 132 valence electrons. The molecule has 1 aliphatic rings. The Balaban J connectivity index is 1.59. The normalized spacial score (nSPS) is 14.9. The third-order valence-corrected chi connectivity index (χ3v) is 5.30. The molecular weight excluding hydrogens is 338 g/mol. The summed E-state index contributed by atoms with van der Waals surface area (Å²) in [5, 5.41) is 6.83. The van der Waals surface area contributed by atoms with Crippen LogP contribution in [0.4, 0.5) is 5.13 Å². The van der Waals surface area contributed by atoms with E-state index in [9.17, 15) is 9.59 Å². The maximum atomic E-state index is 12.2. The number of methoxy groups -OCH3 is 1. The first kappa shape index (κ1) is 17.6. The van der Waals surface area contributed by atoms with Crippen molar-refractivity contribution >= 4 is 28.3 Å². The predicted octanol–water partition coefficient (Wildman–Crippen LogP) is 2.58. The molecule has 25 heavy (non-hydrogen) atoms. The standard InChI is InChI=1S/C18H21N3O3S/c1-24-17(23)14-4-2-3-12(9-14)10-16(22)21-18-20-11-15(25-18)13-5-7-19-8-6-13/h2-4,9,11,13,19H,5-8,10H2,1H3,(H,20,21,22). The quantitative estimate of drug-likeness (QED) is 0.802. The molecule has 0 spiro atoms. The number of nitrogens with zero attached hydrogens (tertiary/aromatic N) is 1. The molecule has 1 aromatic carbocycles. The van der Waals surface area contributed by atoms with Gasteiger partial charge in [-0.1, -0.05) is 12.1 Å². The predicted molar refractivity (Wildman–Crippen MR) is 97.1 cm³/mol. The number of nitrogens with one attached hydrogen (secondary N) is 2. The average molecular weight is 359 g/mol. The summed E-state index contributed by atoms with van der Waals surface area (Å²) in [6.45, 7) is 2.06. The molecule has 0 saturated carbocycles. The molecule has 2 N–H and O–H groups in total. The van der Waals surface area contributed by atoms with Gasteiger partial charge in [0.25, 0.3) is 0 Å². The zero-order valence-corrected chi connectivity index (χ0v) is 14.9. The smallest absolute Gasteiger partial charge is 0.337 e. The first-order valence-corrected chi connectivity index (χ1v) is 9.11. The molecule has 1 fully saturated rings. The molecule has 0 bridgehead atoms. The van der Waals surface area contributed by atoms with Gasteiger partial charge in [0.15, 0.2) is 5.13 Å². The maximum Gasteiger partial charge on any atom is 0.337 e. The van der Waals surface area contributed by atoms with E-state index < -0.39 is 5.97 Å². The van der Waals surface area contributed by atoms with Crippen molar-refractivity contribution in [3.05, 3.63) is 46.5 Å². The zero-order chi connectivity index (χ0) is 17.6. The second kappa shape index (κ2) is 8.22. The molecule has 2 aromatic rings. The van der Waals surface area contributed by atoms with E-state index in [1.54, 1.807) is 29.5 Å². The van der Waals surface area contributed by atoms with Gasteiger partial charge in [-0.3, -0.25) is 4.79 Å². The van der Waals surface area contributed by atoms with Gasteiger partial charge in [-0.25, -0.2) is 9.78 Å². The van der Waals surface area contributed by atoms with E-state index >= 15 is 0 Å². The van der Waals surface area contributed by atoms with Crippen LogP contribution in [0, 0.1) is 0 Å². The number of anilines is 1. The molecule has 3 rings (SSSR count). The van der Waals surface area contributed by atoms with Gasteiger partial charge in [-0.05, 0) is 49.5 Å². The lowest BCUT2D eigenvalue weighted by molar-refractivity contribution is -0.115.